The number of aromatic nitrogens is 1. The molecule has 1 aromatic heterocycles. The number of ether oxygens (including phenoxy) is 1. The molecule has 0 spiro atoms. The minimum Gasteiger partial charge on any atom is -0.464 e. The number of amides is 1. The van der Waals surface area contributed by atoms with E-state index in [9.17, 15) is 9.59 Å². The van der Waals surface area contributed by atoms with E-state index in [2.05, 4.69) is 10.3 Å². The first kappa shape index (κ1) is 13.1. The van der Waals surface area contributed by atoms with Crippen molar-refractivity contribution in [2.75, 3.05) is 6.61 Å². The predicted octanol–water partition coefficient (Wildman–Crippen LogP) is 1.85. The summed E-state index contributed by atoms with van der Waals surface area (Å²) in [5.74, 6) is -0.728. The normalized spacial score (nSPS) is 12.1. The van der Waals surface area contributed by atoms with Gasteiger partial charge in [-0.15, -0.1) is 0 Å². The molecule has 0 bridgehead atoms. The van der Waals surface area contributed by atoms with E-state index in [1.165, 1.54) is 0 Å². The van der Waals surface area contributed by atoms with E-state index < -0.39 is 12.0 Å². The van der Waals surface area contributed by atoms with Crippen molar-refractivity contribution in [1.29, 1.82) is 0 Å². The molecule has 5 nitrogen and oxygen atoms in total. The summed E-state index contributed by atoms with van der Waals surface area (Å²) in [6, 6.07) is 6.83. The van der Waals surface area contributed by atoms with Gasteiger partial charge in [-0.1, -0.05) is 18.2 Å². The Morgan fingerprint density at radius 3 is 2.84 bits per heavy atom. The lowest BCUT2D eigenvalue weighted by atomic mass is 10.1. The number of carbonyl (C=O) groups excluding carboxylic acids is 2. The van der Waals surface area contributed by atoms with Gasteiger partial charge in [0.2, 0.25) is 0 Å². The summed E-state index contributed by atoms with van der Waals surface area (Å²) in [6.45, 7) is 3.63. The van der Waals surface area contributed by atoms with E-state index in [1.54, 1.807) is 20.0 Å². The lowest BCUT2D eigenvalue weighted by molar-refractivity contribution is -0.144. The van der Waals surface area contributed by atoms with Crippen molar-refractivity contribution < 1.29 is 14.3 Å². The number of nitrogens with one attached hydrogen (secondary N) is 2. The predicted molar refractivity (Wildman–Crippen MR) is 71.9 cm³/mol. The quantitative estimate of drug-likeness (QED) is 0.824. The molecule has 100 valence electrons. The second-order valence-corrected chi connectivity index (χ2v) is 4.20. The van der Waals surface area contributed by atoms with Gasteiger partial charge in [-0.25, -0.2) is 4.79 Å². The minimum atomic E-state index is -0.666. The van der Waals surface area contributed by atoms with Crippen LogP contribution in [0.2, 0.25) is 0 Å². The van der Waals surface area contributed by atoms with Crippen molar-refractivity contribution in [3.05, 3.63) is 36.0 Å². The maximum Gasteiger partial charge on any atom is 0.328 e. The summed E-state index contributed by atoms with van der Waals surface area (Å²) < 4.78 is 4.85. The summed E-state index contributed by atoms with van der Waals surface area (Å²) in [5.41, 5.74) is 1.41. The Kier molecular flexibility index (Phi) is 3.85. The number of hydrogen-bond donors (Lipinski definition) is 2. The third-order valence-corrected chi connectivity index (χ3v) is 2.82. The third-order valence-electron chi connectivity index (χ3n) is 2.82. The number of fused-ring (bicyclic) bond motifs is 1. The fourth-order valence-electron chi connectivity index (χ4n) is 1.86. The molecule has 0 saturated carbocycles. The summed E-state index contributed by atoms with van der Waals surface area (Å²) in [5, 5.41) is 3.46. The lowest BCUT2D eigenvalue weighted by Crippen LogP contribution is -2.39. The molecule has 1 aromatic carbocycles. The van der Waals surface area contributed by atoms with Gasteiger partial charge in [-0.3, -0.25) is 4.79 Å². The molecule has 0 radical (unpaired) electrons. The second kappa shape index (κ2) is 5.56. The maximum atomic E-state index is 12.1. The van der Waals surface area contributed by atoms with Crippen LogP contribution in [0.4, 0.5) is 0 Å². The van der Waals surface area contributed by atoms with E-state index in [4.69, 9.17) is 4.74 Å². The SMILES string of the molecule is CCOC(=O)C(C)NC(=O)c1c[nH]c2ccccc12. The van der Waals surface area contributed by atoms with Crippen LogP contribution in [0.1, 0.15) is 24.2 Å². The van der Waals surface area contributed by atoms with Crippen molar-refractivity contribution in [3.63, 3.8) is 0 Å². The molecule has 1 unspecified atom stereocenters. The van der Waals surface area contributed by atoms with Crippen LogP contribution in [-0.2, 0) is 9.53 Å². The van der Waals surface area contributed by atoms with Crippen LogP contribution in [0, 0.1) is 0 Å². The largest absolute Gasteiger partial charge is 0.464 e. The number of H-pyrrole nitrogens is 1. The summed E-state index contributed by atoms with van der Waals surface area (Å²) >= 11 is 0. The van der Waals surface area contributed by atoms with E-state index in [0.29, 0.717) is 12.2 Å². The van der Waals surface area contributed by atoms with Gasteiger partial charge in [0.05, 0.1) is 12.2 Å². The van der Waals surface area contributed by atoms with Crippen LogP contribution in [0.25, 0.3) is 10.9 Å². The molecule has 0 aliphatic carbocycles. The Morgan fingerprint density at radius 2 is 2.11 bits per heavy atom. The van der Waals surface area contributed by atoms with E-state index in [-0.39, 0.29) is 5.91 Å². The average molecular weight is 260 g/mol. The molecule has 2 N–H and O–H groups in total. The topological polar surface area (TPSA) is 71.2 Å². The molecule has 19 heavy (non-hydrogen) atoms. The molecular formula is C14H16N2O3. The van der Waals surface area contributed by atoms with Crippen LogP contribution in [-0.4, -0.2) is 29.5 Å². The van der Waals surface area contributed by atoms with Crippen LogP contribution in [0.3, 0.4) is 0 Å². The van der Waals surface area contributed by atoms with Gasteiger partial charge in [-0.05, 0) is 19.9 Å². The van der Waals surface area contributed by atoms with Crippen molar-refractivity contribution in [3.8, 4) is 0 Å². The van der Waals surface area contributed by atoms with Gasteiger partial charge in [0.1, 0.15) is 6.04 Å². The summed E-state index contributed by atoms with van der Waals surface area (Å²) in [7, 11) is 0. The van der Waals surface area contributed by atoms with Crippen LogP contribution < -0.4 is 5.32 Å². The molecule has 1 heterocycles. The standard InChI is InChI=1S/C14H16N2O3/c1-3-19-14(18)9(2)16-13(17)11-8-15-12-7-5-4-6-10(11)12/h4-9,15H,3H2,1-2H3,(H,16,17). The van der Waals surface area contributed by atoms with E-state index in [1.807, 2.05) is 24.3 Å². The summed E-state index contributed by atoms with van der Waals surface area (Å²) in [4.78, 5) is 26.6. The zero-order chi connectivity index (χ0) is 13.8. The van der Waals surface area contributed by atoms with Crippen molar-refractivity contribution in [1.82, 2.24) is 10.3 Å². The minimum absolute atomic E-state index is 0.294. The Hall–Kier alpha value is -2.30. The van der Waals surface area contributed by atoms with Gasteiger partial charge in [-0.2, -0.15) is 0 Å². The molecular weight excluding hydrogens is 244 g/mol. The second-order valence-electron chi connectivity index (χ2n) is 4.20. The molecule has 2 rings (SSSR count). The van der Waals surface area contributed by atoms with Gasteiger partial charge in [0, 0.05) is 17.1 Å². The number of rotatable bonds is 4. The fraction of sp³-hybridized carbons (Fsp3) is 0.286. The van der Waals surface area contributed by atoms with E-state index >= 15 is 0 Å². The average Bonchev–Trinajstić information content (AvgIpc) is 2.82. The highest BCUT2D eigenvalue weighted by atomic mass is 16.5. The Labute approximate surface area is 110 Å². The Bertz CT molecular complexity index is 604. The molecule has 0 saturated heterocycles. The number of aromatic amines is 1. The zero-order valence-corrected chi connectivity index (χ0v) is 10.9. The monoisotopic (exact) mass is 260 g/mol. The molecule has 2 aromatic rings. The fourth-order valence-corrected chi connectivity index (χ4v) is 1.86. The van der Waals surface area contributed by atoms with Crippen LogP contribution >= 0.6 is 0 Å². The summed E-state index contributed by atoms with van der Waals surface area (Å²) in [6.07, 6.45) is 1.64. The highest BCUT2D eigenvalue weighted by Gasteiger charge is 2.19. The van der Waals surface area contributed by atoms with Crippen LogP contribution in [0.15, 0.2) is 30.5 Å². The van der Waals surface area contributed by atoms with Gasteiger partial charge >= 0.3 is 5.97 Å². The number of benzene rings is 1. The molecule has 1 amide bonds. The first-order chi connectivity index (χ1) is 9.13. The van der Waals surface area contributed by atoms with Crippen molar-refractivity contribution in [2.24, 2.45) is 0 Å². The number of para-hydroxylation sites is 1. The third kappa shape index (κ3) is 2.76. The maximum absolute atomic E-state index is 12.1. The molecule has 5 heteroatoms. The molecule has 1 atom stereocenters. The highest BCUT2D eigenvalue weighted by molar-refractivity contribution is 6.07. The van der Waals surface area contributed by atoms with Crippen molar-refractivity contribution >= 4 is 22.8 Å². The zero-order valence-electron chi connectivity index (χ0n) is 10.9. The van der Waals surface area contributed by atoms with Crippen molar-refractivity contribution in [2.45, 2.75) is 19.9 Å². The van der Waals surface area contributed by atoms with E-state index in [0.717, 1.165) is 10.9 Å². The highest BCUT2D eigenvalue weighted by Crippen LogP contribution is 2.17. The number of hydrogen-bond acceptors (Lipinski definition) is 3. The van der Waals surface area contributed by atoms with Gasteiger partial charge in [0.15, 0.2) is 0 Å². The molecule has 0 aliphatic heterocycles. The number of carbonyl (C=O) groups is 2. The number of esters is 1. The molecule has 0 aliphatic rings. The smallest absolute Gasteiger partial charge is 0.328 e. The Balaban J connectivity index is 2.14. The Morgan fingerprint density at radius 1 is 1.37 bits per heavy atom. The molecule has 0 fully saturated rings. The first-order valence-corrected chi connectivity index (χ1v) is 6.17. The van der Waals surface area contributed by atoms with Gasteiger partial charge < -0.3 is 15.0 Å². The lowest BCUT2D eigenvalue weighted by Gasteiger charge is -2.12. The first-order valence-electron chi connectivity index (χ1n) is 6.17. The van der Waals surface area contributed by atoms with Gasteiger partial charge in [0.25, 0.3) is 5.91 Å². The van der Waals surface area contributed by atoms with Crippen LogP contribution in [0.5, 0.6) is 0 Å².